The SMILES string of the molecule is CC(=O)N1CCC(NC[C@H](c2ccccc2)C2CCCC2)CC1. The Bertz CT molecular complexity index is 488. The van der Waals surface area contributed by atoms with E-state index in [4.69, 9.17) is 0 Å². The molecule has 0 bridgehead atoms. The van der Waals surface area contributed by atoms with Gasteiger partial charge in [0.15, 0.2) is 0 Å². The molecule has 126 valence electrons. The molecule has 1 aromatic carbocycles. The maximum atomic E-state index is 11.4. The summed E-state index contributed by atoms with van der Waals surface area (Å²) in [5.74, 6) is 1.70. The monoisotopic (exact) mass is 314 g/mol. The number of carbonyl (C=O) groups is 1. The first kappa shape index (κ1) is 16.5. The molecule has 0 unspecified atom stereocenters. The molecule has 0 aromatic heterocycles. The summed E-state index contributed by atoms with van der Waals surface area (Å²) in [5, 5.41) is 3.82. The highest BCUT2D eigenvalue weighted by Gasteiger charge is 2.27. The van der Waals surface area contributed by atoms with Crippen molar-refractivity contribution in [3.8, 4) is 0 Å². The zero-order valence-electron chi connectivity index (χ0n) is 14.3. The van der Waals surface area contributed by atoms with Crippen LogP contribution < -0.4 is 5.32 Å². The fourth-order valence-corrected chi connectivity index (χ4v) is 4.31. The molecule has 1 saturated carbocycles. The standard InChI is InChI=1S/C20H30N2O/c1-16(23)22-13-11-19(12-14-22)21-15-20(18-9-5-6-10-18)17-7-3-2-4-8-17/h2-4,7-8,18-21H,5-6,9-15H2,1H3/t20-/m1/s1. The fourth-order valence-electron chi connectivity index (χ4n) is 4.31. The van der Waals surface area contributed by atoms with Crippen molar-refractivity contribution < 1.29 is 4.79 Å². The first-order chi connectivity index (χ1) is 11.2. The van der Waals surface area contributed by atoms with Crippen LogP contribution in [0.2, 0.25) is 0 Å². The first-order valence-electron chi connectivity index (χ1n) is 9.28. The van der Waals surface area contributed by atoms with Gasteiger partial charge in [-0.05, 0) is 43.1 Å². The molecule has 1 aromatic rings. The molecular formula is C20H30N2O. The molecule has 2 aliphatic rings. The van der Waals surface area contributed by atoms with Gasteiger partial charge in [-0.3, -0.25) is 4.79 Å². The van der Waals surface area contributed by atoms with Crippen molar-refractivity contribution in [3.63, 3.8) is 0 Å². The van der Waals surface area contributed by atoms with E-state index < -0.39 is 0 Å². The summed E-state index contributed by atoms with van der Waals surface area (Å²) in [6, 6.07) is 11.6. The number of hydrogen-bond acceptors (Lipinski definition) is 2. The van der Waals surface area contributed by atoms with E-state index in [1.807, 2.05) is 4.90 Å². The Kier molecular flexibility index (Phi) is 5.71. The predicted octanol–water partition coefficient (Wildman–Crippen LogP) is 3.56. The predicted molar refractivity (Wildman–Crippen MR) is 94.4 cm³/mol. The fraction of sp³-hybridized carbons (Fsp3) is 0.650. The van der Waals surface area contributed by atoms with Gasteiger partial charge in [-0.1, -0.05) is 43.2 Å². The Hall–Kier alpha value is -1.35. The lowest BCUT2D eigenvalue weighted by atomic mass is 9.84. The summed E-state index contributed by atoms with van der Waals surface area (Å²) in [6.45, 7) is 4.58. The van der Waals surface area contributed by atoms with Crippen LogP contribution in [0.3, 0.4) is 0 Å². The van der Waals surface area contributed by atoms with Crippen molar-refractivity contribution in [2.24, 2.45) is 5.92 Å². The Morgan fingerprint density at radius 3 is 2.39 bits per heavy atom. The molecule has 1 atom stereocenters. The van der Waals surface area contributed by atoms with Gasteiger partial charge in [0, 0.05) is 32.6 Å². The highest BCUT2D eigenvalue weighted by atomic mass is 16.2. The second kappa shape index (κ2) is 7.96. The number of nitrogens with one attached hydrogen (secondary N) is 1. The highest BCUT2D eigenvalue weighted by molar-refractivity contribution is 5.73. The quantitative estimate of drug-likeness (QED) is 0.901. The van der Waals surface area contributed by atoms with Gasteiger partial charge in [-0.2, -0.15) is 0 Å². The number of hydrogen-bond donors (Lipinski definition) is 1. The van der Waals surface area contributed by atoms with E-state index in [0.29, 0.717) is 12.0 Å². The molecule has 3 nitrogen and oxygen atoms in total. The molecule has 0 spiro atoms. The average Bonchev–Trinajstić information content (AvgIpc) is 3.11. The summed E-state index contributed by atoms with van der Waals surface area (Å²) in [5.41, 5.74) is 1.49. The molecule has 23 heavy (non-hydrogen) atoms. The van der Waals surface area contributed by atoms with Crippen molar-refractivity contribution >= 4 is 5.91 Å². The molecule has 1 aliphatic carbocycles. The van der Waals surface area contributed by atoms with Gasteiger partial charge in [0.25, 0.3) is 0 Å². The van der Waals surface area contributed by atoms with E-state index in [9.17, 15) is 4.79 Å². The molecule has 3 heteroatoms. The molecule has 1 saturated heterocycles. The van der Waals surface area contributed by atoms with Gasteiger partial charge >= 0.3 is 0 Å². The zero-order valence-corrected chi connectivity index (χ0v) is 14.3. The van der Waals surface area contributed by atoms with E-state index in [2.05, 4.69) is 35.6 Å². The van der Waals surface area contributed by atoms with Crippen molar-refractivity contribution in [1.29, 1.82) is 0 Å². The van der Waals surface area contributed by atoms with Gasteiger partial charge in [0.1, 0.15) is 0 Å². The number of rotatable bonds is 5. The minimum Gasteiger partial charge on any atom is -0.343 e. The van der Waals surface area contributed by atoms with Gasteiger partial charge in [-0.15, -0.1) is 0 Å². The van der Waals surface area contributed by atoms with Crippen LogP contribution in [-0.4, -0.2) is 36.5 Å². The summed E-state index contributed by atoms with van der Waals surface area (Å²) < 4.78 is 0. The molecule has 1 amide bonds. The third kappa shape index (κ3) is 4.35. The molecule has 3 rings (SSSR count). The maximum Gasteiger partial charge on any atom is 0.219 e. The van der Waals surface area contributed by atoms with Crippen LogP contribution in [0.25, 0.3) is 0 Å². The number of carbonyl (C=O) groups excluding carboxylic acids is 1. The van der Waals surface area contributed by atoms with Crippen LogP contribution in [0.4, 0.5) is 0 Å². The number of piperidine rings is 1. The second-order valence-corrected chi connectivity index (χ2v) is 7.25. The summed E-state index contributed by atoms with van der Waals surface area (Å²) in [6.07, 6.45) is 7.72. The summed E-state index contributed by atoms with van der Waals surface area (Å²) in [4.78, 5) is 13.4. The number of amides is 1. The van der Waals surface area contributed by atoms with Crippen molar-refractivity contribution in [2.75, 3.05) is 19.6 Å². The average molecular weight is 314 g/mol. The van der Waals surface area contributed by atoms with Crippen LogP contribution in [0, 0.1) is 5.92 Å². The van der Waals surface area contributed by atoms with Gasteiger partial charge in [0.05, 0.1) is 0 Å². The first-order valence-corrected chi connectivity index (χ1v) is 9.28. The topological polar surface area (TPSA) is 32.3 Å². The van der Waals surface area contributed by atoms with Gasteiger partial charge < -0.3 is 10.2 Å². The summed E-state index contributed by atoms with van der Waals surface area (Å²) in [7, 11) is 0. The lowest BCUT2D eigenvalue weighted by Gasteiger charge is -2.33. The molecule has 1 heterocycles. The number of nitrogens with zero attached hydrogens (tertiary/aromatic N) is 1. The minimum absolute atomic E-state index is 0.219. The van der Waals surface area contributed by atoms with E-state index in [0.717, 1.165) is 38.4 Å². The molecule has 2 fully saturated rings. The Labute approximate surface area is 140 Å². The van der Waals surface area contributed by atoms with E-state index in [1.54, 1.807) is 6.92 Å². The molecule has 1 aliphatic heterocycles. The molecular weight excluding hydrogens is 284 g/mol. The lowest BCUT2D eigenvalue weighted by Crippen LogP contribution is -2.45. The smallest absolute Gasteiger partial charge is 0.219 e. The van der Waals surface area contributed by atoms with Crippen LogP contribution in [0.15, 0.2) is 30.3 Å². The Morgan fingerprint density at radius 2 is 1.78 bits per heavy atom. The normalized spacial score (nSPS) is 21.5. The number of benzene rings is 1. The Balaban J connectivity index is 1.56. The van der Waals surface area contributed by atoms with Crippen LogP contribution in [0.1, 0.15) is 56.9 Å². The molecule has 0 radical (unpaired) electrons. The van der Waals surface area contributed by atoms with Crippen molar-refractivity contribution in [3.05, 3.63) is 35.9 Å². The number of likely N-dealkylation sites (tertiary alicyclic amines) is 1. The van der Waals surface area contributed by atoms with Crippen LogP contribution in [0.5, 0.6) is 0 Å². The third-order valence-electron chi connectivity index (χ3n) is 5.76. The van der Waals surface area contributed by atoms with E-state index in [-0.39, 0.29) is 5.91 Å². The van der Waals surface area contributed by atoms with Crippen LogP contribution in [-0.2, 0) is 4.79 Å². The zero-order chi connectivity index (χ0) is 16.1. The highest BCUT2D eigenvalue weighted by Crippen LogP contribution is 2.37. The lowest BCUT2D eigenvalue weighted by molar-refractivity contribution is -0.129. The third-order valence-corrected chi connectivity index (χ3v) is 5.76. The second-order valence-electron chi connectivity index (χ2n) is 7.25. The van der Waals surface area contributed by atoms with E-state index >= 15 is 0 Å². The van der Waals surface area contributed by atoms with Gasteiger partial charge in [-0.25, -0.2) is 0 Å². The largest absolute Gasteiger partial charge is 0.343 e. The summed E-state index contributed by atoms with van der Waals surface area (Å²) >= 11 is 0. The van der Waals surface area contributed by atoms with Crippen molar-refractivity contribution in [1.82, 2.24) is 10.2 Å². The van der Waals surface area contributed by atoms with E-state index in [1.165, 1.54) is 31.2 Å². The Morgan fingerprint density at radius 1 is 1.13 bits per heavy atom. The maximum absolute atomic E-state index is 11.4. The molecule has 1 N–H and O–H groups in total. The van der Waals surface area contributed by atoms with Crippen LogP contribution >= 0.6 is 0 Å². The minimum atomic E-state index is 0.219. The van der Waals surface area contributed by atoms with Gasteiger partial charge in [0.2, 0.25) is 5.91 Å². The van der Waals surface area contributed by atoms with Crippen molar-refractivity contribution in [2.45, 2.75) is 57.4 Å².